The van der Waals surface area contributed by atoms with E-state index in [-0.39, 0.29) is 18.2 Å². The van der Waals surface area contributed by atoms with E-state index in [0.29, 0.717) is 22.9 Å². The van der Waals surface area contributed by atoms with Gasteiger partial charge < -0.3 is 18.7 Å². The van der Waals surface area contributed by atoms with E-state index in [1.54, 1.807) is 6.07 Å². The monoisotopic (exact) mass is 336 g/mol. The number of para-hydroxylation sites is 1. The van der Waals surface area contributed by atoms with Crippen molar-refractivity contribution in [2.75, 3.05) is 0 Å². The number of carbonyl (C=O) groups is 1. The Morgan fingerprint density at radius 1 is 1.12 bits per heavy atom. The Morgan fingerprint density at radius 3 is 2.72 bits per heavy atom. The van der Waals surface area contributed by atoms with Crippen LogP contribution in [0.3, 0.4) is 0 Å². The van der Waals surface area contributed by atoms with Gasteiger partial charge in [-0.2, -0.15) is 0 Å². The van der Waals surface area contributed by atoms with Crippen molar-refractivity contribution in [1.82, 2.24) is 10.5 Å². The average Bonchev–Trinajstić information content (AvgIpc) is 3.31. The summed E-state index contributed by atoms with van der Waals surface area (Å²) in [6.07, 6.45) is 0. The Balaban J connectivity index is 1.47. The molecule has 0 unspecified atom stereocenters. The predicted molar refractivity (Wildman–Crippen MR) is 91.1 cm³/mol. The highest BCUT2D eigenvalue weighted by Gasteiger charge is 2.16. The number of aromatic nitrogens is 1. The van der Waals surface area contributed by atoms with Crippen LogP contribution in [0.25, 0.3) is 22.3 Å². The highest BCUT2D eigenvalue weighted by atomic mass is 16.5. The second-order valence-electron chi connectivity index (χ2n) is 5.80. The van der Waals surface area contributed by atoms with Crippen molar-refractivity contribution >= 4 is 16.9 Å². The van der Waals surface area contributed by atoms with Gasteiger partial charge in [-0.3, -0.25) is 4.79 Å². The maximum Gasteiger partial charge on any atom is 0.287 e. The molecule has 0 radical (unpaired) electrons. The van der Waals surface area contributed by atoms with Crippen LogP contribution in [0.15, 0.2) is 55.8 Å². The van der Waals surface area contributed by atoms with Crippen molar-refractivity contribution in [3.8, 4) is 11.3 Å². The smallest absolute Gasteiger partial charge is 0.287 e. The topological polar surface area (TPSA) is 81.4 Å². The minimum absolute atomic E-state index is 0.263. The summed E-state index contributed by atoms with van der Waals surface area (Å²) >= 11 is 0. The molecular weight excluding hydrogens is 320 g/mol. The predicted octanol–water partition coefficient (Wildman–Crippen LogP) is 4.23. The van der Waals surface area contributed by atoms with Gasteiger partial charge in [-0.15, -0.1) is 0 Å². The molecule has 3 heterocycles. The third-order valence-corrected chi connectivity index (χ3v) is 4.01. The first kappa shape index (κ1) is 15.3. The molecule has 25 heavy (non-hydrogen) atoms. The van der Waals surface area contributed by atoms with E-state index in [2.05, 4.69) is 10.5 Å². The van der Waals surface area contributed by atoms with Crippen LogP contribution in [-0.4, -0.2) is 11.1 Å². The van der Waals surface area contributed by atoms with E-state index in [1.807, 2.05) is 50.2 Å². The number of hydrogen-bond donors (Lipinski definition) is 1. The SMILES string of the molecule is Cc1noc(C)c1-c1ccc(CNC(=O)c2cc3ccccc3o2)o1. The van der Waals surface area contributed by atoms with Gasteiger partial charge in [0.2, 0.25) is 0 Å². The van der Waals surface area contributed by atoms with Crippen LogP contribution in [0.4, 0.5) is 0 Å². The van der Waals surface area contributed by atoms with Crippen molar-refractivity contribution in [1.29, 1.82) is 0 Å². The van der Waals surface area contributed by atoms with Crippen molar-refractivity contribution in [3.63, 3.8) is 0 Å². The number of furan rings is 2. The van der Waals surface area contributed by atoms with E-state index < -0.39 is 0 Å². The van der Waals surface area contributed by atoms with Crippen LogP contribution >= 0.6 is 0 Å². The number of benzene rings is 1. The summed E-state index contributed by atoms with van der Waals surface area (Å²) in [5.74, 6) is 2.00. The maximum absolute atomic E-state index is 12.3. The maximum atomic E-state index is 12.3. The van der Waals surface area contributed by atoms with Gasteiger partial charge in [0.05, 0.1) is 17.8 Å². The summed E-state index contributed by atoms with van der Waals surface area (Å²) < 4.78 is 16.5. The number of rotatable bonds is 4. The molecule has 0 saturated carbocycles. The first-order valence-corrected chi connectivity index (χ1v) is 7.90. The first-order valence-electron chi connectivity index (χ1n) is 7.90. The lowest BCUT2D eigenvalue weighted by Gasteiger charge is -2.00. The molecule has 0 fully saturated rings. The van der Waals surface area contributed by atoms with Crippen molar-refractivity contribution in [3.05, 3.63) is 65.4 Å². The van der Waals surface area contributed by atoms with Crippen LogP contribution in [0.1, 0.15) is 27.8 Å². The second-order valence-corrected chi connectivity index (χ2v) is 5.80. The Kier molecular flexibility index (Phi) is 3.65. The molecule has 4 rings (SSSR count). The largest absolute Gasteiger partial charge is 0.459 e. The molecule has 0 aliphatic rings. The number of fused-ring (bicyclic) bond motifs is 1. The van der Waals surface area contributed by atoms with Crippen LogP contribution in [0.5, 0.6) is 0 Å². The summed E-state index contributed by atoms with van der Waals surface area (Å²) in [6.45, 7) is 3.96. The summed E-state index contributed by atoms with van der Waals surface area (Å²) in [4.78, 5) is 12.3. The molecule has 0 atom stereocenters. The van der Waals surface area contributed by atoms with Gasteiger partial charge in [-0.25, -0.2) is 0 Å². The molecule has 6 nitrogen and oxygen atoms in total. The first-order chi connectivity index (χ1) is 12.1. The molecule has 6 heteroatoms. The molecule has 4 aromatic rings. The average molecular weight is 336 g/mol. The minimum Gasteiger partial charge on any atom is -0.459 e. The van der Waals surface area contributed by atoms with E-state index in [9.17, 15) is 4.79 Å². The molecule has 1 N–H and O–H groups in total. The molecule has 0 saturated heterocycles. The van der Waals surface area contributed by atoms with Gasteiger partial charge in [0, 0.05) is 5.39 Å². The number of nitrogens with one attached hydrogen (secondary N) is 1. The normalized spacial score (nSPS) is 11.1. The molecule has 0 aliphatic heterocycles. The quantitative estimate of drug-likeness (QED) is 0.603. The van der Waals surface area contributed by atoms with Crippen molar-refractivity contribution in [2.45, 2.75) is 20.4 Å². The second kappa shape index (κ2) is 5.98. The molecule has 3 aromatic heterocycles. The third-order valence-electron chi connectivity index (χ3n) is 4.01. The molecule has 1 aromatic carbocycles. The van der Waals surface area contributed by atoms with Gasteiger partial charge in [0.25, 0.3) is 5.91 Å². The Hall–Kier alpha value is -3.28. The van der Waals surface area contributed by atoms with Gasteiger partial charge >= 0.3 is 0 Å². The fourth-order valence-electron chi connectivity index (χ4n) is 2.79. The van der Waals surface area contributed by atoms with Crippen LogP contribution in [-0.2, 0) is 6.54 Å². The molecule has 1 amide bonds. The van der Waals surface area contributed by atoms with E-state index in [1.165, 1.54) is 0 Å². The summed E-state index contributed by atoms with van der Waals surface area (Å²) in [5, 5.41) is 7.61. The van der Waals surface area contributed by atoms with E-state index in [0.717, 1.165) is 16.6 Å². The van der Waals surface area contributed by atoms with Gasteiger partial charge in [-0.1, -0.05) is 23.4 Å². The van der Waals surface area contributed by atoms with E-state index in [4.69, 9.17) is 13.4 Å². The highest BCUT2D eigenvalue weighted by molar-refractivity contribution is 5.95. The van der Waals surface area contributed by atoms with Crippen LogP contribution in [0, 0.1) is 13.8 Å². The molecule has 0 aliphatic carbocycles. The third kappa shape index (κ3) is 2.82. The Labute approximate surface area is 143 Å². The summed E-state index contributed by atoms with van der Waals surface area (Å²) in [6, 6.07) is 12.9. The van der Waals surface area contributed by atoms with Gasteiger partial charge in [0.1, 0.15) is 22.9 Å². The number of carbonyl (C=O) groups excluding carboxylic acids is 1. The zero-order valence-corrected chi connectivity index (χ0v) is 13.8. The summed E-state index contributed by atoms with van der Waals surface area (Å²) in [5.41, 5.74) is 2.30. The number of amides is 1. The highest BCUT2D eigenvalue weighted by Crippen LogP contribution is 2.28. The van der Waals surface area contributed by atoms with Crippen molar-refractivity contribution < 1.29 is 18.2 Å². The Bertz CT molecular complexity index is 1000. The van der Waals surface area contributed by atoms with Gasteiger partial charge in [-0.05, 0) is 38.1 Å². The molecule has 126 valence electrons. The number of nitrogens with zero attached hydrogens (tertiary/aromatic N) is 1. The van der Waals surface area contributed by atoms with Crippen LogP contribution in [0.2, 0.25) is 0 Å². The zero-order valence-electron chi connectivity index (χ0n) is 13.8. The molecular formula is C19H16N2O4. The summed E-state index contributed by atoms with van der Waals surface area (Å²) in [7, 11) is 0. The number of aryl methyl sites for hydroxylation is 2. The Morgan fingerprint density at radius 2 is 1.96 bits per heavy atom. The van der Waals surface area contributed by atoms with Crippen molar-refractivity contribution in [2.24, 2.45) is 0 Å². The van der Waals surface area contributed by atoms with E-state index >= 15 is 0 Å². The standard InChI is InChI=1S/C19H16N2O4/c1-11-18(12(2)25-21-11)16-8-7-14(23-16)10-20-19(22)17-9-13-5-3-4-6-15(13)24-17/h3-9H,10H2,1-2H3,(H,20,22). The lowest BCUT2D eigenvalue weighted by Crippen LogP contribution is -2.21. The zero-order chi connectivity index (χ0) is 17.4. The van der Waals surface area contributed by atoms with Crippen LogP contribution < -0.4 is 5.32 Å². The minimum atomic E-state index is -0.286. The molecule has 0 spiro atoms. The molecule has 0 bridgehead atoms. The number of hydrogen-bond acceptors (Lipinski definition) is 5. The van der Waals surface area contributed by atoms with Gasteiger partial charge in [0.15, 0.2) is 5.76 Å². The fourth-order valence-corrected chi connectivity index (χ4v) is 2.79. The lowest BCUT2D eigenvalue weighted by atomic mass is 10.1. The lowest BCUT2D eigenvalue weighted by molar-refractivity contribution is 0.0922. The fraction of sp³-hybridized carbons (Fsp3) is 0.158.